The average Bonchev–Trinajstić information content (AvgIpc) is 2.87. The summed E-state index contributed by atoms with van der Waals surface area (Å²) in [7, 11) is 0. The van der Waals surface area contributed by atoms with E-state index in [1.807, 2.05) is 18.2 Å². The molecule has 0 unspecified atom stereocenters. The summed E-state index contributed by atoms with van der Waals surface area (Å²) in [5.74, 6) is 0. The van der Waals surface area contributed by atoms with Gasteiger partial charge in [0.2, 0.25) is 0 Å². The topological polar surface area (TPSA) is 53.6 Å². The fraction of sp³-hybridized carbons (Fsp3) is 0.0769. The monoisotopic (exact) mass is 292 g/mol. The number of halogens is 2. The molecule has 4 nitrogen and oxygen atoms in total. The molecule has 3 aromatic rings. The third kappa shape index (κ3) is 2.64. The minimum Gasteiger partial charge on any atom is -0.380 e. The summed E-state index contributed by atoms with van der Waals surface area (Å²) in [5.41, 5.74) is 3.57. The van der Waals surface area contributed by atoms with Crippen LogP contribution in [-0.4, -0.2) is 15.0 Å². The molecule has 96 valence electrons. The highest BCUT2D eigenvalue weighted by atomic mass is 35.5. The molecule has 0 spiro atoms. The first-order valence-electron chi connectivity index (χ1n) is 5.69. The third-order valence-corrected chi connectivity index (χ3v) is 3.49. The van der Waals surface area contributed by atoms with Crippen molar-refractivity contribution in [1.82, 2.24) is 15.0 Å². The maximum Gasteiger partial charge on any atom is 0.157 e. The van der Waals surface area contributed by atoms with Crippen molar-refractivity contribution in [2.75, 3.05) is 5.32 Å². The van der Waals surface area contributed by atoms with Crippen LogP contribution in [0.3, 0.4) is 0 Å². The number of nitrogens with one attached hydrogen (secondary N) is 2. The van der Waals surface area contributed by atoms with Gasteiger partial charge in [0.25, 0.3) is 0 Å². The summed E-state index contributed by atoms with van der Waals surface area (Å²) < 4.78 is 0. The molecule has 0 aliphatic rings. The van der Waals surface area contributed by atoms with Crippen LogP contribution in [0.15, 0.2) is 36.8 Å². The maximum atomic E-state index is 5.97. The van der Waals surface area contributed by atoms with Gasteiger partial charge in [-0.1, -0.05) is 29.3 Å². The Morgan fingerprint density at radius 2 is 2.00 bits per heavy atom. The van der Waals surface area contributed by atoms with Crippen molar-refractivity contribution in [3.05, 3.63) is 52.4 Å². The van der Waals surface area contributed by atoms with Gasteiger partial charge in [0, 0.05) is 6.54 Å². The van der Waals surface area contributed by atoms with E-state index in [1.165, 1.54) is 0 Å². The number of hydrogen-bond donors (Lipinski definition) is 2. The highest BCUT2D eigenvalue weighted by molar-refractivity contribution is 6.42. The van der Waals surface area contributed by atoms with Crippen molar-refractivity contribution in [1.29, 1.82) is 0 Å². The molecule has 0 saturated heterocycles. The van der Waals surface area contributed by atoms with Crippen molar-refractivity contribution >= 4 is 40.1 Å². The molecule has 3 rings (SSSR count). The van der Waals surface area contributed by atoms with Crippen molar-refractivity contribution in [3.63, 3.8) is 0 Å². The fourth-order valence-corrected chi connectivity index (χ4v) is 2.10. The highest BCUT2D eigenvalue weighted by Gasteiger charge is 2.02. The first kappa shape index (κ1) is 12.3. The number of hydrogen-bond acceptors (Lipinski definition) is 3. The molecule has 0 amide bonds. The van der Waals surface area contributed by atoms with E-state index in [2.05, 4.69) is 20.3 Å². The number of rotatable bonds is 3. The molecule has 0 fully saturated rings. The molecular weight excluding hydrogens is 283 g/mol. The van der Waals surface area contributed by atoms with Gasteiger partial charge in [0.15, 0.2) is 5.65 Å². The molecule has 2 N–H and O–H groups in total. The van der Waals surface area contributed by atoms with Crippen LogP contribution in [0.1, 0.15) is 5.56 Å². The zero-order valence-corrected chi connectivity index (χ0v) is 11.3. The Balaban J connectivity index is 1.75. The van der Waals surface area contributed by atoms with Crippen LogP contribution in [0.5, 0.6) is 0 Å². The van der Waals surface area contributed by atoms with Crippen LogP contribution in [0, 0.1) is 0 Å². The molecule has 0 bridgehead atoms. The quantitative estimate of drug-likeness (QED) is 0.770. The molecular formula is C13H10Cl2N4. The Kier molecular flexibility index (Phi) is 3.27. The Morgan fingerprint density at radius 1 is 1.11 bits per heavy atom. The molecule has 0 radical (unpaired) electrons. The summed E-state index contributed by atoms with van der Waals surface area (Å²) in [6, 6.07) is 7.51. The number of anilines is 1. The Labute approximate surface area is 119 Å². The van der Waals surface area contributed by atoms with Gasteiger partial charge in [-0.3, -0.25) is 0 Å². The molecule has 0 aliphatic heterocycles. The van der Waals surface area contributed by atoms with Crippen molar-refractivity contribution in [3.8, 4) is 0 Å². The van der Waals surface area contributed by atoms with Crippen molar-refractivity contribution in [2.45, 2.75) is 6.54 Å². The standard InChI is InChI=1S/C13H10Cl2N4/c14-10-2-1-8(3-11(10)15)5-16-9-4-12-13(17-6-9)19-7-18-12/h1-4,6-7,16H,5H2,(H,17,18,19). The van der Waals surface area contributed by atoms with E-state index in [-0.39, 0.29) is 0 Å². The van der Waals surface area contributed by atoms with E-state index in [0.717, 1.165) is 22.4 Å². The van der Waals surface area contributed by atoms with E-state index in [0.29, 0.717) is 16.6 Å². The first-order valence-corrected chi connectivity index (χ1v) is 6.45. The van der Waals surface area contributed by atoms with Gasteiger partial charge in [0.05, 0.1) is 28.3 Å². The average molecular weight is 293 g/mol. The Bertz CT molecular complexity index is 723. The SMILES string of the molecule is Clc1ccc(CNc2cnc3[nH]cnc3c2)cc1Cl. The number of aromatic nitrogens is 3. The van der Waals surface area contributed by atoms with E-state index < -0.39 is 0 Å². The lowest BCUT2D eigenvalue weighted by Gasteiger charge is -2.07. The Hall–Kier alpha value is -1.78. The smallest absolute Gasteiger partial charge is 0.157 e. The van der Waals surface area contributed by atoms with Gasteiger partial charge < -0.3 is 10.3 Å². The van der Waals surface area contributed by atoms with Crippen LogP contribution in [-0.2, 0) is 6.54 Å². The van der Waals surface area contributed by atoms with Gasteiger partial charge in [-0.15, -0.1) is 0 Å². The number of pyridine rings is 1. The number of fused-ring (bicyclic) bond motifs is 1. The summed E-state index contributed by atoms with van der Waals surface area (Å²) >= 11 is 11.8. The van der Waals surface area contributed by atoms with Gasteiger partial charge in [0.1, 0.15) is 5.52 Å². The van der Waals surface area contributed by atoms with Crippen LogP contribution < -0.4 is 5.32 Å². The van der Waals surface area contributed by atoms with E-state index in [9.17, 15) is 0 Å². The second kappa shape index (κ2) is 5.07. The lowest BCUT2D eigenvalue weighted by Crippen LogP contribution is -1.99. The zero-order valence-electron chi connectivity index (χ0n) is 9.82. The molecule has 0 aliphatic carbocycles. The zero-order chi connectivity index (χ0) is 13.2. The largest absolute Gasteiger partial charge is 0.380 e. The highest BCUT2D eigenvalue weighted by Crippen LogP contribution is 2.23. The molecule has 2 aromatic heterocycles. The minimum absolute atomic E-state index is 0.557. The molecule has 6 heteroatoms. The van der Waals surface area contributed by atoms with Crippen LogP contribution in [0.2, 0.25) is 10.0 Å². The lowest BCUT2D eigenvalue weighted by molar-refractivity contribution is 1.14. The number of aromatic amines is 1. The predicted molar refractivity (Wildman–Crippen MR) is 77.7 cm³/mol. The number of H-pyrrole nitrogens is 1. The lowest BCUT2D eigenvalue weighted by atomic mass is 10.2. The minimum atomic E-state index is 0.557. The maximum absolute atomic E-state index is 5.97. The number of benzene rings is 1. The summed E-state index contributed by atoms with van der Waals surface area (Å²) in [4.78, 5) is 11.4. The second-order valence-corrected chi connectivity index (χ2v) is 4.91. The number of imidazole rings is 1. The van der Waals surface area contributed by atoms with Gasteiger partial charge in [-0.2, -0.15) is 0 Å². The van der Waals surface area contributed by atoms with Crippen molar-refractivity contribution < 1.29 is 0 Å². The predicted octanol–water partition coefficient (Wildman–Crippen LogP) is 3.88. The normalized spacial score (nSPS) is 10.8. The first-order chi connectivity index (χ1) is 9.22. The summed E-state index contributed by atoms with van der Waals surface area (Å²) in [5, 5.41) is 4.39. The molecule has 0 saturated carbocycles. The molecule has 19 heavy (non-hydrogen) atoms. The molecule has 2 heterocycles. The Morgan fingerprint density at radius 3 is 2.84 bits per heavy atom. The molecule has 1 aromatic carbocycles. The fourth-order valence-electron chi connectivity index (χ4n) is 1.78. The van der Waals surface area contributed by atoms with Crippen LogP contribution in [0.4, 0.5) is 5.69 Å². The van der Waals surface area contributed by atoms with E-state index >= 15 is 0 Å². The third-order valence-electron chi connectivity index (χ3n) is 2.75. The van der Waals surface area contributed by atoms with Crippen LogP contribution >= 0.6 is 23.2 Å². The molecule has 0 atom stereocenters. The summed E-state index contributed by atoms with van der Waals surface area (Å²) in [6.07, 6.45) is 3.39. The van der Waals surface area contributed by atoms with Gasteiger partial charge in [-0.05, 0) is 23.8 Å². The van der Waals surface area contributed by atoms with E-state index in [1.54, 1.807) is 18.6 Å². The second-order valence-electron chi connectivity index (χ2n) is 4.10. The van der Waals surface area contributed by atoms with Crippen LogP contribution in [0.25, 0.3) is 11.2 Å². The van der Waals surface area contributed by atoms with Gasteiger partial charge in [-0.25, -0.2) is 9.97 Å². The van der Waals surface area contributed by atoms with Crippen molar-refractivity contribution in [2.24, 2.45) is 0 Å². The number of nitrogens with zero attached hydrogens (tertiary/aromatic N) is 2. The van der Waals surface area contributed by atoms with Gasteiger partial charge >= 0.3 is 0 Å². The summed E-state index contributed by atoms with van der Waals surface area (Å²) in [6.45, 7) is 0.647. The van der Waals surface area contributed by atoms with E-state index in [4.69, 9.17) is 23.2 Å².